The van der Waals surface area contributed by atoms with Crippen molar-refractivity contribution in [2.45, 2.75) is 6.92 Å². The molecule has 0 bridgehead atoms. The van der Waals surface area contributed by atoms with E-state index in [0.717, 1.165) is 5.56 Å². The molecule has 6 nitrogen and oxygen atoms in total. The van der Waals surface area contributed by atoms with Gasteiger partial charge < -0.3 is 10.5 Å². The van der Waals surface area contributed by atoms with E-state index in [9.17, 15) is 4.79 Å². The Bertz CT molecular complexity index is 661. The molecule has 0 aliphatic carbocycles. The normalized spacial score (nSPS) is 10.2. The first kappa shape index (κ1) is 14.1. The molecule has 0 aliphatic heterocycles. The summed E-state index contributed by atoms with van der Waals surface area (Å²) in [6.45, 7) is 1.82. The second kappa shape index (κ2) is 5.75. The van der Waals surface area contributed by atoms with E-state index in [1.54, 1.807) is 18.2 Å². The number of ether oxygens (including phenoxy) is 1. The van der Waals surface area contributed by atoms with Gasteiger partial charge in [-0.1, -0.05) is 11.6 Å². The first-order valence-electron chi connectivity index (χ1n) is 5.75. The molecule has 1 amide bonds. The van der Waals surface area contributed by atoms with Gasteiger partial charge in [-0.05, 0) is 30.7 Å². The van der Waals surface area contributed by atoms with Crippen molar-refractivity contribution >= 4 is 29.1 Å². The number of methoxy groups -OCH3 is 1. The summed E-state index contributed by atoms with van der Waals surface area (Å²) in [5, 5.41) is 2.74. The zero-order chi connectivity index (χ0) is 14.7. The van der Waals surface area contributed by atoms with Crippen LogP contribution >= 0.6 is 11.6 Å². The Morgan fingerprint density at radius 3 is 2.75 bits per heavy atom. The van der Waals surface area contributed by atoms with E-state index < -0.39 is 0 Å². The zero-order valence-corrected chi connectivity index (χ0v) is 11.7. The third-order valence-electron chi connectivity index (χ3n) is 2.64. The third kappa shape index (κ3) is 3.16. The number of nitrogens with zero attached hydrogens (tertiary/aromatic N) is 2. The average Bonchev–Trinajstić information content (AvgIpc) is 2.41. The van der Waals surface area contributed by atoms with Crippen molar-refractivity contribution in [2.24, 2.45) is 0 Å². The minimum Gasteiger partial charge on any atom is -0.481 e. The van der Waals surface area contributed by atoms with Gasteiger partial charge in [0.15, 0.2) is 0 Å². The highest BCUT2D eigenvalue weighted by Crippen LogP contribution is 2.17. The molecule has 104 valence electrons. The predicted molar refractivity (Wildman–Crippen MR) is 77.1 cm³/mol. The van der Waals surface area contributed by atoms with Crippen LogP contribution in [0, 0.1) is 6.92 Å². The number of rotatable bonds is 3. The summed E-state index contributed by atoms with van der Waals surface area (Å²) in [5.41, 5.74) is 7.62. The summed E-state index contributed by atoms with van der Waals surface area (Å²) >= 11 is 5.81. The van der Waals surface area contributed by atoms with Gasteiger partial charge in [-0.15, -0.1) is 0 Å². The van der Waals surface area contributed by atoms with Gasteiger partial charge in [0.05, 0.1) is 7.11 Å². The lowest BCUT2D eigenvalue weighted by Gasteiger charge is -2.07. The van der Waals surface area contributed by atoms with E-state index in [-0.39, 0.29) is 22.9 Å². The molecule has 0 saturated carbocycles. The van der Waals surface area contributed by atoms with Gasteiger partial charge in [0.2, 0.25) is 11.8 Å². The smallest absolute Gasteiger partial charge is 0.258 e. The molecule has 1 aromatic carbocycles. The molecule has 0 atom stereocenters. The molecule has 1 heterocycles. The van der Waals surface area contributed by atoms with Crippen molar-refractivity contribution < 1.29 is 9.53 Å². The molecule has 0 aliphatic rings. The maximum absolute atomic E-state index is 12.1. The average molecular weight is 293 g/mol. The van der Waals surface area contributed by atoms with E-state index in [1.807, 2.05) is 6.92 Å². The Morgan fingerprint density at radius 1 is 1.35 bits per heavy atom. The molecule has 0 unspecified atom stereocenters. The van der Waals surface area contributed by atoms with Crippen molar-refractivity contribution in [3.63, 3.8) is 0 Å². The third-order valence-corrected chi connectivity index (χ3v) is 2.83. The summed E-state index contributed by atoms with van der Waals surface area (Å²) in [6, 6.07) is 6.43. The largest absolute Gasteiger partial charge is 0.481 e. The monoisotopic (exact) mass is 292 g/mol. The van der Waals surface area contributed by atoms with E-state index in [4.69, 9.17) is 22.1 Å². The number of nitrogen functional groups attached to an aromatic ring is 1. The predicted octanol–water partition coefficient (Wildman–Crippen LogP) is 2.28. The maximum atomic E-state index is 12.1. The van der Waals surface area contributed by atoms with Crippen molar-refractivity contribution in [1.82, 2.24) is 9.97 Å². The number of halogens is 1. The van der Waals surface area contributed by atoms with Crippen LogP contribution in [0.1, 0.15) is 15.9 Å². The van der Waals surface area contributed by atoms with Crippen molar-refractivity contribution in [3.05, 3.63) is 40.5 Å². The van der Waals surface area contributed by atoms with E-state index in [2.05, 4.69) is 15.3 Å². The molecule has 3 N–H and O–H groups in total. The number of hydrogen-bond acceptors (Lipinski definition) is 5. The fourth-order valence-corrected chi connectivity index (χ4v) is 1.72. The second-order valence-corrected chi connectivity index (χ2v) is 4.47. The lowest BCUT2D eigenvalue weighted by Crippen LogP contribution is -2.15. The van der Waals surface area contributed by atoms with Crippen LogP contribution in [0.4, 0.5) is 11.6 Å². The molecular formula is C13H13ClN4O2. The molecule has 7 heteroatoms. The van der Waals surface area contributed by atoms with Crippen LogP contribution in [-0.2, 0) is 0 Å². The highest BCUT2D eigenvalue weighted by Gasteiger charge is 2.10. The summed E-state index contributed by atoms with van der Waals surface area (Å²) in [4.78, 5) is 20.0. The number of benzene rings is 1. The van der Waals surface area contributed by atoms with E-state index in [1.165, 1.54) is 13.2 Å². The Hall–Kier alpha value is -2.34. The first-order chi connectivity index (χ1) is 9.49. The second-order valence-electron chi connectivity index (χ2n) is 4.08. The molecule has 2 rings (SSSR count). The number of carbonyl (C=O) groups is 1. The number of amides is 1. The fraction of sp³-hybridized carbons (Fsp3) is 0.154. The van der Waals surface area contributed by atoms with Gasteiger partial charge in [0.1, 0.15) is 5.15 Å². The molecular weight excluding hydrogens is 280 g/mol. The summed E-state index contributed by atoms with van der Waals surface area (Å²) in [5.74, 6) is 0.0000319. The number of hydrogen-bond donors (Lipinski definition) is 2. The lowest BCUT2D eigenvalue weighted by molar-refractivity contribution is 0.102. The van der Waals surface area contributed by atoms with Crippen molar-refractivity contribution in [3.8, 4) is 5.88 Å². The number of nitrogens with one attached hydrogen (secondary N) is 1. The fourth-order valence-electron chi connectivity index (χ4n) is 1.55. The van der Waals surface area contributed by atoms with Crippen molar-refractivity contribution in [1.29, 1.82) is 0 Å². The van der Waals surface area contributed by atoms with Crippen LogP contribution in [0.2, 0.25) is 5.15 Å². The van der Waals surface area contributed by atoms with Gasteiger partial charge in [0.25, 0.3) is 5.91 Å². The van der Waals surface area contributed by atoms with Gasteiger partial charge >= 0.3 is 0 Å². The highest BCUT2D eigenvalue weighted by atomic mass is 35.5. The van der Waals surface area contributed by atoms with E-state index in [0.29, 0.717) is 11.3 Å². The number of aromatic nitrogens is 2. The molecule has 0 saturated heterocycles. The van der Waals surface area contributed by atoms with E-state index >= 15 is 0 Å². The molecule has 20 heavy (non-hydrogen) atoms. The minimum atomic E-state index is -0.350. The summed E-state index contributed by atoms with van der Waals surface area (Å²) in [7, 11) is 1.45. The Balaban J connectivity index is 2.23. The number of anilines is 2. The number of aryl methyl sites for hydroxylation is 1. The zero-order valence-electron chi connectivity index (χ0n) is 11.0. The van der Waals surface area contributed by atoms with Gasteiger partial charge in [-0.2, -0.15) is 4.98 Å². The SMILES string of the molecule is COc1cc(Cl)nc(NC(=O)c2ccc(N)c(C)c2)n1. The quantitative estimate of drug-likeness (QED) is 0.669. The summed E-state index contributed by atoms with van der Waals surface area (Å²) < 4.78 is 4.95. The Labute approximate surface area is 120 Å². The van der Waals surface area contributed by atoms with Gasteiger partial charge in [0, 0.05) is 17.3 Å². The van der Waals surface area contributed by atoms with Gasteiger partial charge in [-0.3, -0.25) is 10.1 Å². The van der Waals surface area contributed by atoms with Crippen molar-refractivity contribution in [2.75, 3.05) is 18.2 Å². The maximum Gasteiger partial charge on any atom is 0.258 e. The molecule has 0 spiro atoms. The van der Waals surface area contributed by atoms with Crippen LogP contribution < -0.4 is 15.8 Å². The molecule has 0 fully saturated rings. The summed E-state index contributed by atoms with van der Waals surface area (Å²) in [6.07, 6.45) is 0. The first-order valence-corrected chi connectivity index (χ1v) is 6.13. The van der Waals surface area contributed by atoms with Crippen LogP contribution in [0.15, 0.2) is 24.3 Å². The Morgan fingerprint density at radius 2 is 2.10 bits per heavy atom. The minimum absolute atomic E-state index is 0.0776. The highest BCUT2D eigenvalue weighted by molar-refractivity contribution is 6.29. The van der Waals surface area contributed by atoms with Crippen LogP contribution in [0.5, 0.6) is 5.88 Å². The van der Waals surface area contributed by atoms with Gasteiger partial charge in [-0.25, -0.2) is 4.98 Å². The lowest BCUT2D eigenvalue weighted by atomic mass is 10.1. The molecule has 2 aromatic rings. The number of nitrogens with two attached hydrogens (primary N) is 1. The van der Waals surface area contributed by atoms with Crippen LogP contribution in [0.3, 0.4) is 0 Å². The van der Waals surface area contributed by atoms with Crippen LogP contribution in [-0.4, -0.2) is 23.0 Å². The molecule has 1 aromatic heterocycles. The number of carbonyl (C=O) groups excluding carboxylic acids is 1. The Kier molecular flexibility index (Phi) is 4.05. The van der Waals surface area contributed by atoms with Crippen LogP contribution in [0.25, 0.3) is 0 Å². The standard InChI is InChI=1S/C13H13ClN4O2/c1-7-5-8(3-4-9(7)15)12(19)18-13-16-10(14)6-11(17-13)20-2/h3-6H,15H2,1-2H3,(H,16,17,18,19). The topological polar surface area (TPSA) is 90.1 Å². The molecule has 0 radical (unpaired) electrons.